The number of benzene rings is 2. The van der Waals surface area contributed by atoms with Crippen LogP contribution in [0.15, 0.2) is 42.5 Å². The van der Waals surface area contributed by atoms with Crippen LogP contribution in [0.25, 0.3) is 0 Å². The monoisotopic (exact) mass is 366 g/mol. The van der Waals surface area contributed by atoms with Crippen molar-refractivity contribution in [1.82, 2.24) is 5.32 Å². The van der Waals surface area contributed by atoms with E-state index < -0.39 is 0 Å². The van der Waals surface area contributed by atoms with Crippen molar-refractivity contribution in [2.24, 2.45) is 0 Å². The van der Waals surface area contributed by atoms with E-state index >= 15 is 0 Å². The average molecular weight is 366 g/mol. The van der Waals surface area contributed by atoms with Gasteiger partial charge in [0.25, 0.3) is 5.91 Å². The minimum absolute atomic E-state index is 0.0676. The van der Waals surface area contributed by atoms with Crippen LogP contribution in [0.3, 0.4) is 0 Å². The number of carbonyl (C=O) groups is 2. The number of carbonyl (C=O) groups excluding carboxylic acids is 2. The maximum absolute atomic E-state index is 12.7. The van der Waals surface area contributed by atoms with Gasteiger partial charge in [-0.1, -0.05) is 19.1 Å². The van der Waals surface area contributed by atoms with Crippen LogP contribution < -0.4 is 15.0 Å². The van der Waals surface area contributed by atoms with Crippen molar-refractivity contribution >= 4 is 17.5 Å². The highest BCUT2D eigenvalue weighted by molar-refractivity contribution is 5.97. The van der Waals surface area contributed by atoms with Crippen LogP contribution in [0, 0.1) is 6.92 Å². The zero-order valence-corrected chi connectivity index (χ0v) is 16.1. The first kappa shape index (κ1) is 19.0. The number of rotatable bonds is 6. The van der Waals surface area contributed by atoms with Crippen molar-refractivity contribution in [2.75, 3.05) is 18.6 Å². The Hall–Kier alpha value is -2.82. The van der Waals surface area contributed by atoms with E-state index in [4.69, 9.17) is 4.74 Å². The van der Waals surface area contributed by atoms with E-state index in [1.54, 1.807) is 24.1 Å². The molecule has 2 aromatic rings. The second kappa shape index (κ2) is 8.25. The van der Waals surface area contributed by atoms with Gasteiger partial charge in [0.05, 0.1) is 13.2 Å². The second-order valence-electron chi connectivity index (χ2n) is 6.86. The Kier molecular flexibility index (Phi) is 5.79. The quantitative estimate of drug-likeness (QED) is 0.840. The van der Waals surface area contributed by atoms with E-state index in [2.05, 4.69) is 11.4 Å². The normalized spacial score (nSPS) is 14.9. The molecule has 0 bridgehead atoms. The minimum Gasteiger partial charge on any atom is -0.496 e. The van der Waals surface area contributed by atoms with E-state index in [1.165, 1.54) is 0 Å². The molecule has 0 aromatic heterocycles. The number of amides is 2. The van der Waals surface area contributed by atoms with E-state index in [1.807, 2.05) is 38.1 Å². The lowest BCUT2D eigenvalue weighted by Crippen LogP contribution is -2.28. The third kappa shape index (κ3) is 4.13. The highest BCUT2D eigenvalue weighted by Gasteiger charge is 2.22. The van der Waals surface area contributed by atoms with Crippen molar-refractivity contribution in [3.63, 3.8) is 0 Å². The summed E-state index contributed by atoms with van der Waals surface area (Å²) < 4.78 is 5.31. The van der Waals surface area contributed by atoms with E-state index in [0.717, 1.165) is 42.0 Å². The van der Waals surface area contributed by atoms with Gasteiger partial charge in [-0.3, -0.25) is 9.59 Å². The predicted molar refractivity (Wildman–Crippen MR) is 106 cm³/mol. The van der Waals surface area contributed by atoms with Gasteiger partial charge in [0, 0.05) is 24.2 Å². The maximum atomic E-state index is 12.7. The first-order valence-corrected chi connectivity index (χ1v) is 9.39. The summed E-state index contributed by atoms with van der Waals surface area (Å²) in [7, 11) is 1.65. The van der Waals surface area contributed by atoms with Gasteiger partial charge < -0.3 is 15.0 Å². The summed E-state index contributed by atoms with van der Waals surface area (Å²) in [6, 6.07) is 13.2. The molecule has 5 nitrogen and oxygen atoms in total. The van der Waals surface area contributed by atoms with Crippen LogP contribution in [0.4, 0.5) is 5.69 Å². The molecule has 3 rings (SSSR count). The standard InChI is InChI=1S/C22H26N2O3/c1-4-19(17-9-12-20(27-3)15(2)14-17)23-22(26)16-7-10-18(11-8-16)24-13-5-6-21(24)25/h7-12,14,19H,4-6,13H2,1-3H3,(H,23,26). The molecule has 1 saturated heterocycles. The molecule has 1 aliphatic heterocycles. The number of nitrogens with one attached hydrogen (secondary N) is 1. The van der Waals surface area contributed by atoms with Crippen molar-refractivity contribution in [3.8, 4) is 5.75 Å². The number of anilines is 1. The summed E-state index contributed by atoms with van der Waals surface area (Å²) in [5, 5.41) is 3.10. The zero-order chi connectivity index (χ0) is 19.4. The summed E-state index contributed by atoms with van der Waals surface area (Å²) in [5.41, 5.74) is 3.55. The summed E-state index contributed by atoms with van der Waals surface area (Å²) in [6.07, 6.45) is 2.28. The molecular weight excluding hydrogens is 340 g/mol. The number of hydrogen-bond acceptors (Lipinski definition) is 3. The molecule has 0 spiro atoms. The lowest BCUT2D eigenvalue weighted by Gasteiger charge is -2.19. The molecule has 0 radical (unpaired) electrons. The molecule has 2 aromatic carbocycles. The lowest BCUT2D eigenvalue weighted by molar-refractivity contribution is -0.117. The smallest absolute Gasteiger partial charge is 0.251 e. The fraction of sp³-hybridized carbons (Fsp3) is 0.364. The highest BCUT2D eigenvalue weighted by Crippen LogP contribution is 2.25. The summed E-state index contributed by atoms with van der Waals surface area (Å²) in [4.78, 5) is 26.3. The van der Waals surface area contributed by atoms with Gasteiger partial charge in [-0.15, -0.1) is 0 Å². The number of aryl methyl sites for hydroxylation is 1. The number of hydrogen-bond donors (Lipinski definition) is 1. The van der Waals surface area contributed by atoms with E-state index in [-0.39, 0.29) is 17.9 Å². The molecular formula is C22H26N2O3. The van der Waals surface area contributed by atoms with Crippen LogP contribution in [0.2, 0.25) is 0 Å². The SMILES string of the molecule is CCC(NC(=O)c1ccc(N2CCCC2=O)cc1)c1ccc(OC)c(C)c1. The summed E-state index contributed by atoms with van der Waals surface area (Å²) in [5.74, 6) is 0.870. The third-order valence-electron chi connectivity index (χ3n) is 5.05. The van der Waals surface area contributed by atoms with Crippen LogP contribution in [0.5, 0.6) is 5.75 Å². The van der Waals surface area contributed by atoms with Gasteiger partial charge in [-0.25, -0.2) is 0 Å². The summed E-state index contributed by atoms with van der Waals surface area (Å²) in [6.45, 7) is 4.79. The number of ether oxygens (including phenoxy) is 1. The molecule has 1 fully saturated rings. The Morgan fingerprint density at radius 2 is 1.96 bits per heavy atom. The first-order chi connectivity index (χ1) is 13.0. The number of methoxy groups -OCH3 is 1. The first-order valence-electron chi connectivity index (χ1n) is 9.39. The predicted octanol–water partition coefficient (Wildman–Crippen LogP) is 4.01. The van der Waals surface area contributed by atoms with Gasteiger partial charge in [0.2, 0.25) is 5.91 Å². The maximum Gasteiger partial charge on any atom is 0.251 e. The Morgan fingerprint density at radius 3 is 2.52 bits per heavy atom. The Labute approximate surface area is 160 Å². The molecule has 2 amide bonds. The molecule has 0 aliphatic carbocycles. The van der Waals surface area contributed by atoms with Gasteiger partial charge >= 0.3 is 0 Å². The van der Waals surface area contributed by atoms with Gasteiger partial charge in [0.1, 0.15) is 5.75 Å². The molecule has 27 heavy (non-hydrogen) atoms. The minimum atomic E-state index is -0.116. The Balaban J connectivity index is 1.71. The molecule has 1 unspecified atom stereocenters. The van der Waals surface area contributed by atoms with E-state index in [9.17, 15) is 9.59 Å². The molecule has 1 N–H and O–H groups in total. The molecule has 5 heteroatoms. The van der Waals surface area contributed by atoms with Crippen molar-refractivity contribution in [2.45, 2.75) is 39.2 Å². The van der Waals surface area contributed by atoms with Crippen molar-refractivity contribution in [1.29, 1.82) is 0 Å². The Bertz CT molecular complexity index is 830. The molecule has 142 valence electrons. The van der Waals surface area contributed by atoms with Crippen molar-refractivity contribution < 1.29 is 14.3 Å². The van der Waals surface area contributed by atoms with Gasteiger partial charge in [-0.05, 0) is 61.2 Å². The Morgan fingerprint density at radius 1 is 1.22 bits per heavy atom. The fourth-order valence-corrected chi connectivity index (χ4v) is 3.49. The molecule has 1 atom stereocenters. The second-order valence-corrected chi connectivity index (χ2v) is 6.86. The third-order valence-corrected chi connectivity index (χ3v) is 5.05. The highest BCUT2D eigenvalue weighted by atomic mass is 16.5. The van der Waals surface area contributed by atoms with Crippen LogP contribution in [-0.2, 0) is 4.79 Å². The number of nitrogens with zero attached hydrogens (tertiary/aromatic N) is 1. The van der Waals surface area contributed by atoms with Crippen molar-refractivity contribution in [3.05, 3.63) is 59.2 Å². The molecule has 1 heterocycles. The van der Waals surface area contributed by atoms with Crippen LogP contribution in [-0.4, -0.2) is 25.5 Å². The molecule has 0 saturated carbocycles. The zero-order valence-electron chi connectivity index (χ0n) is 16.1. The average Bonchev–Trinajstić information content (AvgIpc) is 3.12. The topological polar surface area (TPSA) is 58.6 Å². The van der Waals surface area contributed by atoms with Crippen LogP contribution in [0.1, 0.15) is 53.7 Å². The fourth-order valence-electron chi connectivity index (χ4n) is 3.49. The van der Waals surface area contributed by atoms with Gasteiger partial charge in [0.15, 0.2) is 0 Å². The van der Waals surface area contributed by atoms with Gasteiger partial charge in [-0.2, -0.15) is 0 Å². The van der Waals surface area contributed by atoms with E-state index in [0.29, 0.717) is 12.0 Å². The molecule has 1 aliphatic rings. The lowest BCUT2D eigenvalue weighted by atomic mass is 10.0. The largest absolute Gasteiger partial charge is 0.496 e. The van der Waals surface area contributed by atoms with Crippen LogP contribution >= 0.6 is 0 Å². The summed E-state index contributed by atoms with van der Waals surface area (Å²) >= 11 is 0.